The largest absolute Gasteiger partial charge is 0.339 e. The third kappa shape index (κ3) is 5.96. The Labute approximate surface area is 178 Å². The van der Waals surface area contributed by atoms with Gasteiger partial charge in [-0.2, -0.15) is 4.98 Å². The van der Waals surface area contributed by atoms with Crippen molar-refractivity contribution >= 4 is 11.9 Å². The van der Waals surface area contributed by atoms with E-state index in [9.17, 15) is 4.79 Å². The number of hydrogen-bond donors (Lipinski definition) is 0. The maximum Gasteiger partial charge on any atom is 0.227 e. The van der Waals surface area contributed by atoms with Gasteiger partial charge in [-0.15, -0.1) is 0 Å². The summed E-state index contributed by atoms with van der Waals surface area (Å²) < 4.78 is 5.44. The van der Waals surface area contributed by atoms with Crippen LogP contribution in [0.1, 0.15) is 44.2 Å². The van der Waals surface area contributed by atoms with E-state index >= 15 is 0 Å². The molecule has 0 fully saturated rings. The number of Topliss-reactive ketones (excluding diaryl/α,β-unsaturated/α-hetero) is 1. The minimum Gasteiger partial charge on any atom is -0.339 e. The summed E-state index contributed by atoms with van der Waals surface area (Å²) in [6.45, 7) is 8.28. The van der Waals surface area contributed by atoms with Gasteiger partial charge in [0.15, 0.2) is 0 Å². The Morgan fingerprint density at radius 2 is 1.90 bits per heavy atom. The molecule has 0 bridgehead atoms. The van der Waals surface area contributed by atoms with Crippen molar-refractivity contribution in [1.29, 1.82) is 0 Å². The van der Waals surface area contributed by atoms with Crippen LogP contribution in [-0.4, -0.2) is 20.9 Å². The van der Waals surface area contributed by atoms with Gasteiger partial charge in [-0.1, -0.05) is 67.9 Å². The van der Waals surface area contributed by atoms with Gasteiger partial charge in [0.05, 0.1) is 0 Å². The third-order valence-corrected chi connectivity index (χ3v) is 5.39. The predicted octanol–water partition coefficient (Wildman–Crippen LogP) is 5.56. The zero-order valence-electron chi connectivity index (χ0n) is 18.1. The molecule has 0 N–H and O–H groups in total. The minimum absolute atomic E-state index is 0.138. The lowest BCUT2D eigenvalue weighted by Crippen LogP contribution is -2.20. The number of nitrogens with zero attached hydrogens (tertiary/aromatic N) is 3. The van der Waals surface area contributed by atoms with Crippen LogP contribution in [0.15, 0.2) is 59.4 Å². The second kappa shape index (κ2) is 10.1. The highest BCUT2D eigenvalue weighted by molar-refractivity contribution is 5.83. The van der Waals surface area contributed by atoms with Crippen LogP contribution in [0.5, 0.6) is 0 Å². The molecule has 0 saturated heterocycles. The average molecular weight is 404 g/mol. The highest BCUT2D eigenvalue weighted by Crippen LogP contribution is 2.24. The van der Waals surface area contributed by atoms with Crippen LogP contribution in [-0.2, 0) is 11.2 Å². The van der Waals surface area contributed by atoms with E-state index in [0.29, 0.717) is 30.5 Å². The van der Waals surface area contributed by atoms with Crippen LogP contribution < -0.4 is 0 Å². The molecule has 2 heterocycles. The highest BCUT2D eigenvalue weighted by Gasteiger charge is 2.23. The van der Waals surface area contributed by atoms with Crippen LogP contribution in [0.25, 0.3) is 17.5 Å². The summed E-state index contributed by atoms with van der Waals surface area (Å²) in [5.74, 6) is 1.65. The van der Waals surface area contributed by atoms with Gasteiger partial charge in [0, 0.05) is 36.7 Å². The maximum atomic E-state index is 12.8. The summed E-state index contributed by atoms with van der Waals surface area (Å²) in [6.07, 6.45) is 8.49. The van der Waals surface area contributed by atoms with Gasteiger partial charge in [0.25, 0.3) is 0 Å². The minimum atomic E-state index is -0.138. The quantitative estimate of drug-likeness (QED) is 0.467. The van der Waals surface area contributed by atoms with Gasteiger partial charge in [0.1, 0.15) is 5.78 Å². The van der Waals surface area contributed by atoms with Crippen molar-refractivity contribution in [2.75, 3.05) is 0 Å². The van der Waals surface area contributed by atoms with Gasteiger partial charge in [-0.3, -0.25) is 9.78 Å². The molecule has 3 aromatic rings. The summed E-state index contributed by atoms with van der Waals surface area (Å²) in [7, 11) is 0. The third-order valence-electron chi connectivity index (χ3n) is 5.39. The zero-order valence-corrected chi connectivity index (χ0v) is 18.1. The molecule has 0 spiro atoms. The number of hydrogen-bond acceptors (Lipinski definition) is 5. The fourth-order valence-corrected chi connectivity index (χ4v) is 3.20. The molecule has 0 saturated carbocycles. The van der Waals surface area contributed by atoms with E-state index in [4.69, 9.17) is 4.52 Å². The van der Waals surface area contributed by atoms with E-state index in [2.05, 4.69) is 60.2 Å². The molecule has 0 aliphatic carbocycles. The summed E-state index contributed by atoms with van der Waals surface area (Å²) >= 11 is 0. The Kier molecular flexibility index (Phi) is 7.28. The second-order valence-electron chi connectivity index (χ2n) is 8.19. The predicted molar refractivity (Wildman–Crippen MR) is 119 cm³/mol. The van der Waals surface area contributed by atoms with E-state index in [1.165, 1.54) is 5.56 Å². The number of rotatable bonds is 9. The smallest absolute Gasteiger partial charge is 0.227 e. The molecular formula is C25H29N3O2. The molecule has 5 heteroatoms. The molecule has 156 valence electrons. The Morgan fingerprint density at radius 3 is 2.57 bits per heavy atom. The monoisotopic (exact) mass is 403 g/mol. The molecule has 3 rings (SSSR count). The SMILES string of the molecule is Cc1ccc(/C=C\C(C)C(=O)CC(Cc2nc(-c3cccnc3)no2)C(C)C)cc1. The molecule has 0 radical (unpaired) electrons. The molecular weight excluding hydrogens is 374 g/mol. The van der Waals surface area contributed by atoms with Gasteiger partial charge in [-0.25, -0.2) is 0 Å². The van der Waals surface area contributed by atoms with Crippen molar-refractivity contribution in [3.63, 3.8) is 0 Å². The van der Waals surface area contributed by atoms with Crippen molar-refractivity contribution < 1.29 is 9.32 Å². The normalized spacial score (nSPS) is 13.6. The topological polar surface area (TPSA) is 68.9 Å². The number of pyridine rings is 1. The molecule has 0 aliphatic heterocycles. The van der Waals surface area contributed by atoms with Crippen molar-refractivity contribution in [2.45, 2.75) is 40.5 Å². The standard InChI is InChI=1S/C25H29N3O2/c1-17(2)22(15-24-27-25(28-30-24)21-6-5-13-26-16-21)14-23(29)19(4)9-12-20-10-7-18(3)8-11-20/h5-13,16-17,19,22H,14-15H2,1-4H3/b12-9-. The van der Waals surface area contributed by atoms with E-state index in [1.807, 2.05) is 31.2 Å². The van der Waals surface area contributed by atoms with Crippen molar-refractivity contribution in [1.82, 2.24) is 15.1 Å². The highest BCUT2D eigenvalue weighted by atomic mass is 16.5. The summed E-state index contributed by atoms with van der Waals surface area (Å²) in [6, 6.07) is 12.0. The number of aromatic nitrogens is 3. The molecule has 2 aromatic heterocycles. The first kappa shape index (κ1) is 21.6. The Balaban J connectivity index is 1.61. The summed E-state index contributed by atoms with van der Waals surface area (Å²) in [5.41, 5.74) is 3.15. The molecule has 1 aromatic carbocycles. The fraction of sp³-hybridized carbons (Fsp3) is 0.360. The van der Waals surface area contributed by atoms with E-state index < -0.39 is 0 Å². The van der Waals surface area contributed by atoms with Crippen LogP contribution in [0.2, 0.25) is 0 Å². The number of benzene rings is 1. The van der Waals surface area contributed by atoms with Gasteiger partial charge >= 0.3 is 0 Å². The number of ketones is 1. The lowest BCUT2D eigenvalue weighted by molar-refractivity contribution is -0.122. The molecule has 30 heavy (non-hydrogen) atoms. The van der Waals surface area contributed by atoms with Crippen LogP contribution in [0.4, 0.5) is 0 Å². The van der Waals surface area contributed by atoms with E-state index in [-0.39, 0.29) is 17.6 Å². The first-order valence-corrected chi connectivity index (χ1v) is 10.4. The molecule has 0 amide bonds. The summed E-state index contributed by atoms with van der Waals surface area (Å²) in [5, 5.41) is 4.06. The Bertz CT molecular complexity index is 975. The number of carbonyl (C=O) groups is 1. The number of carbonyl (C=O) groups excluding carboxylic acids is 1. The molecule has 2 unspecified atom stereocenters. The number of aryl methyl sites for hydroxylation is 1. The van der Waals surface area contributed by atoms with Crippen LogP contribution in [0.3, 0.4) is 0 Å². The molecule has 0 aliphatic rings. The Morgan fingerprint density at radius 1 is 1.13 bits per heavy atom. The van der Waals surface area contributed by atoms with E-state index in [1.54, 1.807) is 12.4 Å². The molecule has 2 atom stereocenters. The first-order valence-electron chi connectivity index (χ1n) is 10.4. The van der Waals surface area contributed by atoms with Gasteiger partial charge in [-0.05, 0) is 36.5 Å². The lowest BCUT2D eigenvalue weighted by Gasteiger charge is -2.19. The second-order valence-corrected chi connectivity index (χ2v) is 8.19. The lowest BCUT2D eigenvalue weighted by atomic mass is 9.85. The van der Waals surface area contributed by atoms with Crippen LogP contribution in [0, 0.1) is 24.7 Å². The van der Waals surface area contributed by atoms with E-state index in [0.717, 1.165) is 11.1 Å². The van der Waals surface area contributed by atoms with Gasteiger partial charge < -0.3 is 4.52 Å². The van der Waals surface area contributed by atoms with Crippen molar-refractivity contribution in [3.8, 4) is 11.4 Å². The van der Waals surface area contributed by atoms with Crippen molar-refractivity contribution in [2.24, 2.45) is 17.8 Å². The van der Waals surface area contributed by atoms with Gasteiger partial charge in [0.2, 0.25) is 11.7 Å². The Hall–Kier alpha value is -3.08. The maximum absolute atomic E-state index is 12.8. The zero-order chi connectivity index (χ0) is 21.5. The fourth-order valence-electron chi connectivity index (χ4n) is 3.20. The van der Waals surface area contributed by atoms with Crippen molar-refractivity contribution in [3.05, 3.63) is 71.9 Å². The molecule has 5 nitrogen and oxygen atoms in total. The van der Waals surface area contributed by atoms with Crippen LogP contribution >= 0.6 is 0 Å². The first-order chi connectivity index (χ1) is 14.4. The summed E-state index contributed by atoms with van der Waals surface area (Å²) in [4.78, 5) is 21.4. The number of allylic oxidation sites excluding steroid dienone is 1. The average Bonchev–Trinajstić information content (AvgIpc) is 3.21.